The number of H-pyrrole nitrogens is 1. The Morgan fingerprint density at radius 2 is 2.09 bits per heavy atom. The molecule has 1 amide bonds. The average molecular weight is 453 g/mol. The van der Waals surface area contributed by atoms with Crippen molar-refractivity contribution < 1.29 is 24.2 Å². The first kappa shape index (κ1) is 21.3. The van der Waals surface area contributed by atoms with Crippen LogP contribution in [-0.4, -0.2) is 54.3 Å². The van der Waals surface area contributed by atoms with Crippen LogP contribution >= 0.6 is 0 Å². The molecule has 3 heterocycles. The van der Waals surface area contributed by atoms with Crippen molar-refractivity contribution in [3.05, 3.63) is 52.6 Å². The third-order valence-electron chi connectivity index (χ3n) is 6.00. The molecule has 2 aromatic heterocycles. The Balaban J connectivity index is 1.36. The molecular formula is C22H23N5O6. The van der Waals surface area contributed by atoms with E-state index in [2.05, 4.69) is 20.3 Å². The molecule has 2 fully saturated rings. The Morgan fingerprint density at radius 3 is 2.82 bits per heavy atom. The SMILES string of the molecule is CC(C)C(=O)Nc1nc2c(ncn2[C@H]2C[C@H](O)[C@]3(CC3OC(=O)c3ccccc3)O2)c(=O)[nH]1. The van der Waals surface area contributed by atoms with Crippen molar-refractivity contribution in [3.8, 4) is 0 Å². The standard InChI is InChI=1S/C22H23N5O6/c1-11(2)18(29)25-21-24-17-16(19(30)26-21)23-10-27(17)15-8-13(28)22(33-15)9-14(22)32-20(31)12-6-4-3-5-7-12/h3-7,10-11,13-15,28H,8-9H2,1-2H3,(H2,24,25,26,29,30)/t13-,14?,15+,22-/m0/s1. The zero-order valence-electron chi connectivity index (χ0n) is 18.0. The summed E-state index contributed by atoms with van der Waals surface area (Å²) in [5, 5.41) is 13.3. The number of carbonyl (C=O) groups excluding carboxylic acids is 2. The number of aromatic amines is 1. The molecule has 0 bridgehead atoms. The minimum absolute atomic E-state index is 0.00213. The van der Waals surface area contributed by atoms with Gasteiger partial charge in [0.25, 0.3) is 5.56 Å². The van der Waals surface area contributed by atoms with Crippen LogP contribution in [0.5, 0.6) is 0 Å². The van der Waals surface area contributed by atoms with Crippen LogP contribution in [0.2, 0.25) is 0 Å². The molecule has 1 saturated heterocycles. The number of nitrogens with one attached hydrogen (secondary N) is 2. The van der Waals surface area contributed by atoms with E-state index in [0.717, 1.165) is 0 Å². The number of rotatable bonds is 5. The quantitative estimate of drug-likeness (QED) is 0.491. The highest BCUT2D eigenvalue weighted by molar-refractivity contribution is 5.91. The summed E-state index contributed by atoms with van der Waals surface area (Å²) < 4.78 is 13.2. The van der Waals surface area contributed by atoms with E-state index >= 15 is 0 Å². The van der Waals surface area contributed by atoms with E-state index in [9.17, 15) is 19.5 Å². The van der Waals surface area contributed by atoms with Gasteiger partial charge in [0.2, 0.25) is 11.9 Å². The van der Waals surface area contributed by atoms with Crippen molar-refractivity contribution in [1.29, 1.82) is 0 Å². The predicted molar refractivity (Wildman–Crippen MR) is 115 cm³/mol. The summed E-state index contributed by atoms with van der Waals surface area (Å²) in [7, 11) is 0. The lowest BCUT2D eigenvalue weighted by Gasteiger charge is -2.16. The molecule has 11 nitrogen and oxygen atoms in total. The molecule has 1 unspecified atom stereocenters. The molecule has 3 N–H and O–H groups in total. The molecule has 1 saturated carbocycles. The van der Waals surface area contributed by atoms with Crippen molar-refractivity contribution in [2.75, 3.05) is 5.32 Å². The van der Waals surface area contributed by atoms with Crippen LogP contribution in [0.25, 0.3) is 11.2 Å². The Bertz CT molecular complexity index is 1290. The number of amides is 1. The van der Waals surface area contributed by atoms with Gasteiger partial charge < -0.3 is 14.6 Å². The van der Waals surface area contributed by atoms with Crippen LogP contribution < -0.4 is 10.9 Å². The van der Waals surface area contributed by atoms with E-state index in [0.29, 0.717) is 12.0 Å². The van der Waals surface area contributed by atoms with Crippen LogP contribution in [0.1, 0.15) is 43.3 Å². The number of hydrogen-bond donors (Lipinski definition) is 3. The minimum Gasteiger partial charge on any atom is -0.455 e. The van der Waals surface area contributed by atoms with Gasteiger partial charge >= 0.3 is 5.97 Å². The van der Waals surface area contributed by atoms with E-state index in [4.69, 9.17) is 9.47 Å². The highest BCUT2D eigenvalue weighted by Gasteiger charge is 2.68. The zero-order chi connectivity index (χ0) is 23.3. The maximum atomic E-state index is 12.4. The Hall–Kier alpha value is -3.57. The van der Waals surface area contributed by atoms with Crippen LogP contribution in [0.4, 0.5) is 5.95 Å². The van der Waals surface area contributed by atoms with Crippen molar-refractivity contribution >= 4 is 29.0 Å². The lowest BCUT2D eigenvalue weighted by Crippen LogP contribution is -2.29. The van der Waals surface area contributed by atoms with E-state index < -0.39 is 35.6 Å². The van der Waals surface area contributed by atoms with Gasteiger partial charge in [0.15, 0.2) is 11.2 Å². The molecule has 0 radical (unpaired) electrons. The van der Waals surface area contributed by atoms with Gasteiger partial charge in [0.1, 0.15) is 17.9 Å². The molecule has 11 heteroatoms. The van der Waals surface area contributed by atoms with Gasteiger partial charge in [-0.25, -0.2) is 9.78 Å². The number of aliphatic hydroxyl groups is 1. The maximum Gasteiger partial charge on any atom is 0.338 e. The Morgan fingerprint density at radius 1 is 1.33 bits per heavy atom. The minimum atomic E-state index is -1.01. The second-order valence-electron chi connectivity index (χ2n) is 8.63. The first-order valence-corrected chi connectivity index (χ1v) is 10.7. The smallest absolute Gasteiger partial charge is 0.338 e. The second-order valence-corrected chi connectivity index (χ2v) is 8.63. The summed E-state index contributed by atoms with van der Waals surface area (Å²) in [6.45, 7) is 3.44. The number of anilines is 1. The summed E-state index contributed by atoms with van der Waals surface area (Å²) in [4.78, 5) is 47.8. The molecule has 1 spiro atoms. The lowest BCUT2D eigenvalue weighted by atomic mass is 10.1. The number of aromatic nitrogens is 4. The summed E-state index contributed by atoms with van der Waals surface area (Å²) in [5.41, 5.74) is -0.803. The van der Waals surface area contributed by atoms with Crippen molar-refractivity contribution in [2.45, 2.75) is 50.7 Å². The topological polar surface area (TPSA) is 148 Å². The van der Waals surface area contributed by atoms with Gasteiger partial charge in [-0.15, -0.1) is 0 Å². The lowest BCUT2D eigenvalue weighted by molar-refractivity contribution is -0.118. The first-order valence-electron chi connectivity index (χ1n) is 10.7. The first-order chi connectivity index (χ1) is 15.8. The number of imidazole rings is 1. The van der Waals surface area contributed by atoms with Crippen LogP contribution in [0, 0.1) is 5.92 Å². The van der Waals surface area contributed by atoms with Crippen molar-refractivity contribution in [3.63, 3.8) is 0 Å². The van der Waals surface area contributed by atoms with Gasteiger partial charge in [0, 0.05) is 18.8 Å². The predicted octanol–water partition coefficient (Wildman–Crippen LogP) is 1.36. The molecule has 3 aromatic rings. The molecule has 1 aromatic carbocycles. The van der Waals surface area contributed by atoms with E-state index in [-0.39, 0.29) is 35.4 Å². The van der Waals surface area contributed by atoms with Gasteiger partial charge in [-0.2, -0.15) is 4.98 Å². The molecule has 1 aliphatic carbocycles. The van der Waals surface area contributed by atoms with Gasteiger partial charge in [-0.05, 0) is 12.1 Å². The fraction of sp³-hybridized carbons (Fsp3) is 0.409. The van der Waals surface area contributed by atoms with Gasteiger partial charge in [0.05, 0.1) is 18.0 Å². The molecule has 5 rings (SSSR count). The second kappa shape index (κ2) is 7.78. The van der Waals surface area contributed by atoms with E-state index in [1.165, 1.54) is 6.33 Å². The number of esters is 1. The van der Waals surface area contributed by atoms with Crippen LogP contribution in [0.15, 0.2) is 41.5 Å². The summed E-state index contributed by atoms with van der Waals surface area (Å²) in [6, 6.07) is 8.60. The van der Waals surface area contributed by atoms with Crippen molar-refractivity contribution in [1.82, 2.24) is 19.5 Å². The number of aliphatic hydroxyl groups excluding tert-OH is 1. The molecule has 33 heavy (non-hydrogen) atoms. The summed E-state index contributed by atoms with van der Waals surface area (Å²) >= 11 is 0. The highest BCUT2D eigenvalue weighted by Crippen LogP contribution is 2.54. The molecule has 4 atom stereocenters. The van der Waals surface area contributed by atoms with Crippen molar-refractivity contribution in [2.24, 2.45) is 5.92 Å². The number of ether oxygens (including phenoxy) is 2. The fourth-order valence-electron chi connectivity index (χ4n) is 4.02. The number of carbonyl (C=O) groups is 2. The van der Waals surface area contributed by atoms with E-state index in [1.54, 1.807) is 48.7 Å². The van der Waals surface area contributed by atoms with Crippen LogP contribution in [-0.2, 0) is 14.3 Å². The fourth-order valence-corrected chi connectivity index (χ4v) is 4.02. The molecular weight excluding hydrogens is 430 g/mol. The monoisotopic (exact) mass is 453 g/mol. The number of fused-ring (bicyclic) bond motifs is 1. The number of hydrogen-bond acceptors (Lipinski definition) is 8. The van der Waals surface area contributed by atoms with E-state index in [1.807, 2.05) is 0 Å². The molecule has 1 aliphatic heterocycles. The van der Waals surface area contributed by atoms with Gasteiger partial charge in [-0.3, -0.25) is 24.5 Å². The zero-order valence-corrected chi connectivity index (χ0v) is 18.0. The third-order valence-corrected chi connectivity index (χ3v) is 6.00. The average Bonchev–Trinajstić information content (AvgIpc) is 3.12. The summed E-state index contributed by atoms with van der Waals surface area (Å²) in [6.07, 6.45) is -0.168. The van der Waals surface area contributed by atoms with Gasteiger partial charge in [-0.1, -0.05) is 32.0 Å². The van der Waals surface area contributed by atoms with Crippen LogP contribution in [0.3, 0.4) is 0 Å². The summed E-state index contributed by atoms with van der Waals surface area (Å²) in [5.74, 6) is -1.07. The number of benzene rings is 1. The Kier molecular flexibility index (Phi) is 5.02. The highest BCUT2D eigenvalue weighted by atomic mass is 16.6. The molecule has 2 aliphatic rings. The Labute approximate surface area is 187 Å². The maximum absolute atomic E-state index is 12.4. The third kappa shape index (κ3) is 3.68. The normalized spacial score (nSPS) is 26.1. The largest absolute Gasteiger partial charge is 0.455 e. The molecule has 172 valence electrons. The number of nitrogens with zero attached hydrogens (tertiary/aromatic N) is 3.